The second-order valence-electron chi connectivity index (χ2n) is 6.00. The highest BCUT2D eigenvalue weighted by atomic mass is 79.9. The van der Waals surface area contributed by atoms with Crippen LogP contribution in [0.1, 0.15) is 56.9 Å². The summed E-state index contributed by atoms with van der Waals surface area (Å²) in [5.74, 6) is 0.164. The predicted octanol–water partition coefficient (Wildman–Crippen LogP) is 3.50. The highest BCUT2D eigenvalue weighted by Gasteiger charge is 2.38. The molecule has 0 radical (unpaired) electrons. The Hall–Kier alpha value is -0.680. The molecule has 1 aliphatic heterocycles. The maximum absolute atomic E-state index is 13.0. The van der Waals surface area contributed by atoms with Crippen LogP contribution in [0.15, 0.2) is 10.7 Å². The van der Waals surface area contributed by atoms with Crippen LogP contribution in [-0.4, -0.2) is 39.1 Å². The van der Waals surface area contributed by atoms with E-state index in [1.165, 1.54) is 19.3 Å². The van der Waals surface area contributed by atoms with Crippen LogP contribution in [0.4, 0.5) is 0 Å². The average Bonchev–Trinajstić information content (AvgIpc) is 2.80. The van der Waals surface area contributed by atoms with Gasteiger partial charge in [0.15, 0.2) is 0 Å². The largest absolute Gasteiger partial charge is 0.291 e. The summed E-state index contributed by atoms with van der Waals surface area (Å²) in [6.45, 7) is 8.98. The van der Waals surface area contributed by atoms with Crippen LogP contribution in [0, 0.1) is 0 Å². The van der Waals surface area contributed by atoms with Gasteiger partial charge < -0.3 is 0 Å². The normalized spacial score (nSPS) is 17.4. The Labute approximate surface area is 129 Å². The fraction of sp³-hybridized carbons (Fsp3) is 0.733. The number of aromatic nitrogens is 2. The van der Waals surface area contributed by atoms with E-state index in [1.807, 2.05) is 18.5 Å². The lowest BCUT2D eigenvalue weighted by Crippen LogP contribution is -2.52. The van der Waals surface area contributed by atoms with Crippen LogP contribution in [0.5, 0.6) is 0 Å². The highest BCUT2D eigenvalue weighted by molar-refractivity contribution is 9.10. The molecule has 0 spiro atoms. The van der Waals surface area contributed by atoms with Crippen LogP contribution >= 0.6 is 15.9 Å². The van der Waals surface area contributed by atoms with E-state index in [9.17, 15) is 4.79 Å². The third-order valence-corrected chi connectivity index (χ3v) is 4.73. The van der Waals surface area contributed by atoms with Gasteiger partial charge in [-0.05, 0) is 62.1 Å². The van der Waals surface area contributed by atoms with E-state index in [4.69, 9.17) is 0 Å². The summed E-state index contributed by atoms with van der Waals surface area (Å²) >= 11 is 3.48. The monoisotopic (exact) mass is 341 g/mol. The van der Waals surface area contributed by atoms with Crippen molar-refractivity contribution < 1.29 is 4.79 Å². The number of ketones is 1. The lowest BCUT2D eigenvalue weighted by molar-refractivity contribution is 0.0567. The first kappa shape index (κ1) is 15.7. The molecule has 0 saturated carbocycles. The minimum absolute atomic E-state index is 0.164. The van der Waals surface area contributed by atoms with Crippen molar-refractivity contribution in [3.8, 4) is 0 Å². The van der Waals surface area contributed by atoms with Gasteiger partial charge in [-0.2, -0.15) is 5.10 Å². The first-order valence-corrected chi connectivity index (χ1v) is 8.29. The number of rotatable bonds is 5. The molecule has 5 heteroatoms. The van der Waals surface area contributed by atoms with Crippen molar-refractivity contribution in [2.45, 2.75) is 58.5 Å². The highest BCUT2D eigenvalue weighted by Crippen LogP contribution is 2.28. The molecule has 1 fully saturated rings. The molecule has 1 saturated heterocycles. The number of hydrogen-bond donors (Lipinski definition) is 0. The molecular formula is C15H24BrN3O. The standard InChI is InChI=1S/C15H24BrN3O/c1-4-8-19-13(12(16)11-17-19)14(20)15(2,3)18-9-6-5-7-10-18/h11H,4-10H2,1-3H3. The van der Waals surface area contributed by atoms with Gasteiger partial charge in [-0.3, -0.25) is 14.4 Å². The van der Waals surface area contributed by atoms with Crippen LogP contribution in [0.25, 0.3) is 0 Å². The zero-order valence-electron chi connectivity index (χ0n) is 12.7. The SMILES string of the molecule is CCCn1ncc(Br)c1C(=O)C(C)(C)N1CCCCC1. The van der Waals surface area contributed by atoms with Crippen LogP contribution in [0.3, 0.4) is 0 Å². The van der Waals surface area contributed by atoms with E-state index >= 15 is 0 Å². The minimum atomic E-state index is -0.464. The van der Waals surface area contributed by atoms with E-state index in [1.54, 1.807) is 6.20 Å². The summed E-state index contributed by atoms with van der Waals surface area (Å²) in [7, 11) is 0. The summed E-state index contributed by atoms with van der Waals surface area (Å²) in [5, 5.41) is 4.32. The molecule has 20 heavy (non-hydrogen) atoms. The molecule has 2 rings (SSSR count). The molecule has 112 valence electrons. The van der Waals surface area contributed by atoms with Gasteiger partial charge in [-0.15, -0.1) is 0 Å². The number of likely N-dealkylation sites (tertiary alicyclic amines) is 1. The molecule has 1 aromatic rings. The van der Waals surface area contributed by atoms with E-state index in [2.05, 4.69) is 32.9 Å². The zero-order chi connectivity index (χ0) is 14.8. The smallest absolute Gasteiger partial charge is 0.201 e. The maximum atomic E-state index is 13.0. The van der Waals surface area contributed by atoms with Crippen molar-refractivity contribution in [1.29, 1.82) is 0 Å². The second kappa shape index (κ2) is 6.39. The van der Waals surface area contributed by atoms with Gasteiger partial charge >= 0.3 is 0 Å². The molecule has 0 unspecified atom stereocenters. The number of halogens is 1. The fourth-order valence-corrected chi connectivity index (χ4v) is 3.33. The van der Waals surface area contributed by atoms with Gasteiger partial charge in [0.25, 0.3) is 0 Å². The van der Waals surface area contributed by atoms with Gasteiger partial charge in [0.2, 0.25) is 5.78 Å². The summed E-state index contributed by atoms with van der Waals surface area (Å²) in [5.41, 5.74) is 0.247. The molecule has 2 heterocycles. The van der Waals surface area contributed by atoms with Crippen molar-refractivity contribution in [1.82, 2.24) is 14.7 Å². The summed E-state index contributed by atoms with van der Waals surface area (Å²) < 4.78 is 2.64. The van der Waals surface area contributed by atoms with Gasteiger partial charge in [0, 0.05) is 6.54 Å². The first-order valence-electron chi connectivity index (χ1n) is 7.49. The Balaban J connectivity index is 2.27. The fourth-order valence-electron chi connectivity index (χ4n) is 2.86. The second-order valence-corrected chi connectivity index (χ2v) is 6.85. The summed E-state index contributed by atoms with van der Waals surface area (Å²) in [6.07, 6.45) is 6.35. The van der Waals surface area contributed by atoms with Gasteiger partial charge in [0.05, 0.1) is 16.2 Å². The van der Waals surface area contributed by atoms with E-state index in [0.717, 1.165) is 30.5 Å². The number of aryl methyl sites for hydroxylation is 1. The van der Waals surface area contributed by atoms with Crippen LogP contribution < -0.4 is 0 Å². The molecule has 1 aliphatic rings. The topological polar surface area (TPSA) is 38.1 Å². The molecule has 0 bridgehead atoms. The van der Waals surface area contributed by atoms with Crippen molar-refractivity contribution in [3.63, 3.8) is 0 Å². The number of nitrogens with zero attached hydrogens (tertiary/aromatic N) is 3. The Kier molecular flexibility index (Phi) is 5.02. The maximum Gasteiger partial charge on any atom is 0.201 e. The number of hydrogen-bond acceptors (Lipinski definition) is 3. The Morgan fingerprint density at radius 1 is 1.35 bits per heavy atom. The van der Waals surface area contributed by atoms with E-state index in [0.29, 0.717) is 5.69 Å². The molecule has 0 aromatic carbocycles. The van der Waals surface area contributed by atoms with Crippen LogP contribution in [-0.2, 0) is 6.54 Å². The third kappa shape index (κ3) is 2.98. The minimum Gasteiger partial charge on any atom is -0.291 e. The molecule has 0 atom stereocenters. The molecular weight excluding hydrogens is 318 g/mol. The number of carbonyl (C=O) groups is 1. The molecule has 1 aromatic heterocycles. The van der Waals surface area contributed by atoms with Crippen molar-refractivity contribution >= 4 is 21.7 Å². The predicted molar refractivity (Wildman–Crippen MR) is 84.1 cm³/mol. The average molecular weight is 342 g/mol. The van der Waals surface area contributed by atoms with E-state index in [-0.39, 0.29) is 5.78 Å². The quantitative estimate of drug-likeness (QED) is 0.769. The first-order chi connectivity index (χ1) is 9.48. The molecule has 4 nitrogen and oxygen atoms in total. The van der Waals surface area contributed by atoms with Crippen LogP contribution in [0.2, 0.25) is 0 Å². The zero-order valence-corrected chi connectivity index (χ0v) is 14.2. The van der Waals surface area contributed by atoms with Gasteiger partial charge in [0.1, 0.15) is 5.69 Å². The van der Waals surface area contributed by atoms with E-state index < -0.39 is 5.54 Å². The van der Waals surface area contributed by atoms with Gasteiger partial charge in [-0.25, -0.2) is 0 Å². The molecule has 0 N–H and O–H groups in total. The molecule has 0 amide bonds. The number of piperidine rings is 1. The summed E-state index contributed by atoms with van der Waals surface area (Å²) in [6, 6.07) is 0. The molecule has 0 aliphatic carbocycles. The lowest BCUT2D eigenvalue weighted by atomic mass is 9.92. The third-order valence-electron chi connectivity index (χ3n) is 4.15. The van der Waals surface area contributed by atoms with Crippen molar-refractivity contribution in [2.24, 2.45) is 0 Å². The van der Waals surface area contributed by atoms with Crippen molar-refractivity contribution in [2.75, 3.05) is 13.1 Å². The Bertz CT molecular complexity index is 475. The Morgan fingerprint density at radius 2 is 2.00 bits per heavy atom. The summed E-state index contributed by atoms with van der Waals surface area (Å²) in [4.78, 5) is 15.3. The van der Waals surface area contributed by atoms with Gasteiger partial charge in [-0.1, -0.05) is 13.3 Å². The number of Topliss-reactive ketones (excluding diaryl/α,β-unsaturated/α-hetero) is 1. The Morgan fingerprint density at radius 3 is 2.60 bits per heavy atom. The number of carbonyl (C=O) groups excluding carboxylic acids is 1. The van der Waals surface area contributed by atoms with Crippen molar-refractivity contribution in [3.05, 3.63) is 16.4 Å². The lowest BCUT2D eigenvalue weighted by Gasteiger charge is -2.39.